The molecule has 0 saturated heterocycles. The van der Waals surface area contributed by atoms with Crippen molar-refractivity contribution < 1.29 is 4.79 Å². The van der Waals surface area contributed by atoms with E-state index in [1.807, 2.05) is 12.1 Å². The Balaban J connectivity index is 3.40. The van der Waals surface area contributed by atoms with Crippen molar-refractivity contribution in [3.8, 4) is 0 Å². The fourth-order valence-electron chi connectivity index (χ4n) is 0.651. The highest BCUT2D eigenvalue weighted by Gasteiger charge is 2.06. The van der Waals surface area contributed by atoms with Crippen molar-refractivity contribution >= 4 is 54.1 Å². The molecule has 1 aromatic carbocycles. The third-order valence-corrected chi connectivity index (χ3v) is 3.94. The molecule has 58 valence electrons. The summed E-state index contributed by atoms with van der Waals surface area (Å²) < 4.78 is 2.45. The Morgan fingerprint density at radius 1 is 1.09 bits per heavy atom. The maximum Gasteiger partial charge on any atom is 0.152 e. The molecule has 1 nitrogen and oxygen atoms in total. The van der Waals surface area contributed by atoms with E-state index in [9.17, 15) is 4.79 Å². The highest BCUT2D eigenvalue weighted by atomic mass is 79.9. The second-order valence-electron chi connectivity index (χ2n) is 1.87. The van der Waals surface area contributed by atoms with Gasteiger partial charge >= 0.3 is 0 Å². The molecule has 4 heteroatoms. The molecule has 0 radical (unpaired) electrons. The van der Waals surface area contributed by atoms with Crippen LogP contribution in [0.15, 0.2) is 25.6 Å². The fraction of sp³-hybridized carbons (Fsp3) is 0. The number of halogens is 3. The lowest BCUT2D eigenvalue weighted by molar-refractivity contribution is 0.112. The van der Waals surface area contributed by atoms with Gasteiger partial charge in [-0.1, -0.05) is 15.9 Å². The first-order chi connectivity index (χ1) is 5.16. The molecule has 0 aliphatic heterocycles. The fourth-order valence-corrected chi connectivity index (χ4v) is 2.13. The molecule has 11 heavy (non-hydrogen) atoms. The molecule has 0 saturated carbocycles. The summed E-state index contributed by atoms with van der Waals surface area (Å²) in [5.74, 6) is 0. The molecule has 0 atom stereocenters. The minimum atomic E-state index is 0.624. The first-order valence-corrected chi connectivity index (χ1v) is 5.13. The standard InChI is InChI=1S/C7H3Br3O/c8-5-1-2-6(9)7(10)4(5)3-11/h1-3H. The van der Waals surface area contributed by atoms with Gasteiger partial charge in [0.1, 0.15) is 0 Å². The monoisotopic (exact) mass is 340 g/mol. The van der Waals surface area contributed by atoms with Crippen molar-refractivity contribution in [3.05, 3.63) is 31.1 Å². The van der Waals surface area contributed by atoms with Gasteiger partial charge in [-0.05, 0) is 44.0 Å². The topological polar surface area (TPSA) is 17.1 Å². The van der Waals surface area contributed by atoms with Crippen LogP contribution in [0.1, 0.15) is 10.4 Å². The highest BCUT2D eigenvalue weighted by molar-refractivity contribution is 9.13. The normalized spacial score (nSPS) is 9.73. The summed E-state index contributed by atoms with van der Waals surface area (Å²) in [7, 11) is 0. The summed E-state index contributed by atoms with van der Waals surface area (Å²) in [4.78, 5) is 10.5. The minimum Gasteiger partial charge on any atom is -0.298 e. The number of hydrogen-bond acceptors (Lipinski definition) is 1. The van der Waals surface area contributed by atoms with E-state index in [0.717, 1.165) is 19.7 Å². The second-order valence-corrected chi connectivity index (χ2v) is 4.38. The summed E-state index contributed by atoms with van der Waals surface area (Å²) in [6, 6.07) is 3.68. The van der Waals surface area contributed by atoms with Crippen LogP contribution < -0.4 is 0 Å². The third-order valence-electron chi connectivity index (χ3n) is 1.20. The molecule has 0 bridgehead atoms. The molecule has 1 aromatic rings. The van der Waals surface area contributed by atoms with Crippen LogP contribution in [0, 0.1) is 0 Å². The molecular formula is C7H3Br3O. The number of rotatable bonds is 1. The van der Waals surface area contributed by atoms with Crippen LogP contribution in [0.4, 0.5) is 0 Å². The first-order valence-electron chi connectivity index (χ1n) is 2.75. The molecule has 0 amide bonds. The molecule has 0 aliphatic rings. The van der Waals surface area contributed by atoms with E-state index in [-0.39, 0.29) is 0 Å². The van der Waals surface area contributed by atoms with E-state index in [1.54, 1.807) is 0 Å². The molecular weight excluding hydrogens is 340 g/mol. The number of benzene rings is 1. The largest absolute Gasteiger partial charge is 0.298 e. The number of hydrogen-bond donors (Lipinski definition) is 0. The summed E-state index contributed by atoms with van der Waals surface area (Å²) in [5, 5.41) is 0. The molecule has 1 rings (SSSR count). The minimum absolute atomic E-state index is 0.624. The third kappa shape index (κ3) is 1.92. The second kappa shape index (κ2) is 3.83. The van der Waals surface area contributed by atoms with E-state index in [1.165, 1.54) is 0 Å². The Bertz CT molecular complexity index is 296. The van der Waals surface area contributed by atoms with Crippen molar-refractivity contribution in [2.24, 2.45) is 0 Å². The van der Waals surface area contributed by atoms with Gasteiger partial charge in [0.2, 0.25) is 0 Å². The maximum atomic E-state index is 10.5. The number of carbonyl (C=O) groups is 1. The van der Waals surface area contributed by atoms with E-state index in [2.05, 4.69) is 47.8 Å². The van der Waals surface area contributed by atoms with Crippen LogP contribution in [0.5, 0.6) is 0 Å². The predicted molar refractivity (Wildman–Crippen MR) is 54.9 cm³/mol. The highest BCUT2D eigenvalue weighted by Crippen LogP contribution is 2.30. The van der Waals surface area contributed by atoms with Crippen LogP contribution in [-0.2, 0) is 0 Å². The van der Waals surface area contributed by atoms with Crippen LogP contribution >= 0.6 is 47.8 Å². The Morgan fingerprint density at radius 3 is 2.09 bits per heavy atom. The lowest BCUT2D eigenvalue weighted by Crippen LogP contribution is -1.84. The van der Waals surface area contributed by atoms with E-state index >= 15 is 0 Å². The van der Waals surface area contributed by atoms with E-state index < -0.39 is 0 Å². The average Bonchev–Trinajstić information content (AvgIpc) is 1.99. The van der Waals surface area contributed by atoms with Crippen molar-refractivity contribution in [1.29, 1.82) is 0 Å². The molecule has 0 aromatic heterocycles. The smallest absolute Gasteiger partial charge is 0.152 e. The van der Waals surface area contributed by atoms with Gasteiger partial charge in [-0.2, -0.15) is 0 Å². The van der Waals surface area contributed by atoms with Gasteiger partial charge in [-0.15, -0.1) is 0 Å². The predicted octanol–water partition coefficient (Wildman–Crippen LogP) is 3.79. The van der Waals surface area contributed by atoms with Crippen molar-refractivity contribution in [2.45, 2.75) is 0 Å². The first kappa shape index (κ1) is 9.42. The lowest BCUT2D eigenvalue weighted by Gasteiger charge is -2.00. The molecule has 0 fully saturated rings. The van der Waals surface area contributed by atoms with Crippen LogP contribution in [-0.4, -0.2) is 6.29 Å². The Labute approximate surface area is 89.6 Å². The Hall–Kier alpha value is 0.330. The van der Waals surface area contributed by atoms with Gasteiger partial charge in [0, 0.05) is 19.0 Å². The molecule has 0 unspecified atom stereocenters. The summed E-state index contributed by atoms with van der Waals surface area (Å²) in [6.07, 6.45) is 0.804. The maximum absolute atomic E-state index is 10.5. The summed E-state index contributed by atoms with van der Waals surface area (Å²) >= 11 is 9.84. The van der Waals surface area contributed by atoms with Gasteiger partial charge in [-0.3, -0.25) is 4.79 Å². The van der Waals surface area contributed by atoms with Crippen LogP contribution in [0.2, 0.25) is 0 Å². The van der Waals surface area contributed by atoms with E-state index in [4.69, 9.17) is 0 Å². The van der Waals surface area contributed by atoms with Gasteiger partial charge in [0.05, 0.1) is 0 Å². The average molecular weight is 343 g/mol. The quantitative estimate of drug-likeness (QED) is 0.560. The van der Waals surface area contributed by atoms with Crippen molar-refractivity contribution in [3.63, 3.8) is 0 Å². The van der Waals surface area contributed by atoms with Crippen LogP contribution in [0.25, 0.3) is 0 Å². The molecule has 0 N–H and O–H groups in total. The van der Waals surface area contributed by atoms with Gasteiger partial charge in [0.15, 0.2) is 6.29 Å². The Kier molecular flexibility index (Phi) is 3.28. The number of aldehydes is 1. The summed E-state index contributed by atoms with van der Waals surface area (Å²) in [5.41, 5.74) is 0.624. The van der Waals surface area contributed by atoms with Gasteiger partial charge < -0.3 is 0 Å². The van der Waals surface area contributed by atoms with Crippen LogP contribution in [0.3, 0.4) is 0 Å². The number of carbonyl (C=O) groups excluding carboxylic acids is 1. The van der Waals surface area contributed by atoms with E-state index in [0.29, 0.717) is 5.56 Å². The zero-order chi connectivity index (χ0) is 8.43. The van der Waals surface area contributed by atoms with Crippen molar-refractivity contribution in [2.75, 3.05) is 0 Å². The zero-order valence-corrected chi connectivity index (χ0v) is 10.0. The van der Waals surface area contributed by atoms with Gasteiger partial charge in [-0.25, -0.2) is 0 Å². The lowest BCUT2D eigenvalue weighted by atomic mass is 10.2. The summed E-state index contributed by atoms with van der Waals surface area (Å²) in [6.45, 7) is 0. The zero-order valence-electron chi connectivity index (χ0n) is 5.27. The SMILES string of the molecule is O=Cc1c(Br)ccc(Br)c1Br. The Morgan fingerprint density at radius 2 is 1.64 bits per heavy atom. The molecule has 0 heterocycles. The molecule has 0 spiro atoms. The van der Waals surface area contributed by atoms with Crippen molar-refractivity contribution in [1.82, 2.24) is 0 Å². The molecule has 0 aliphatic carbocycles. The van der Waals surface area contributed by atoms with Gasteiger partial charge in [0.25, 0.3) is 0 Å².